The zero-order valence-corrected chi connectivity index (χ0v) is 15.5. The Morgan fingerprint density at radius 2 is 1.82 bits per heavy atom. The van der Waals surface area contributed by atoms with Gasteiger partial charge < -0.3 is 14.9 Å². The Morgan fingerprint density at radius 1 is 1.18 bits per heavy atom. The van der Waals surface area contributed by atoms with E-state index in [1.807, 2.05) is 0 Å². The third-order valence-corrected chi connectivity index (χ3v) is 4.82. The molecule has 3 rings (SSSR count). The maximum absolute atomic E-state index is 12.8. The molecule has 0 radical (unpaired) electrons. The quantitative estimate of drug-likeness (QED) is 0.826. The van der Waals surface area contributed by atoms with Crippen LogP contribution >= 0.6 is 0 Å². The minimum absolute atomic E-state index is 0.174. The van der Waals surface area contributed by atoms with Gasteiger partial charge in [-0.2, -0.15) is 13.2 Å². The number of halogens is 3. The van der Waals surface area contributed by atoms with Crippen molar-refractivity contribution in [3.05, 3.63) is 47.7 Å². The number of alkyl halides is 3. The highest BCUT2D eigenvalue weighted by atomic mass is 19.4. The largest absolute Gasteiger partial charge is 0.504 e. The fourth-order valence-corrected chi connectivity index (χ4v) is 3.34. The average molecular weight is 393 g/mol. The third kappa shape index (κ3) is 4.21. The minimum Gasteiger partial charge on any atom is -0.504 e. The molecule has 1 amide bonds. The van der Waals surface area contributed by atoms with Crippen LogP contribution in [0.15, 0.2) is 36.5 Å². The molecule has 1 aliphatic heterocycles. The van der Waals surface area contributed by atoms with Gasteiger partial charge in [-0.05, 0) is 56.5 Å². The summed E-state index contributed by atoms with van der Waals surface area (Å²) in [6, 6.07) is 6.01. The number of carbonyl (C=O) groups excluding carboxylic acids is 1. The molecular weight excluding hydrogens is 371 g/mol. The lowest BCUT2D eigenvalue weighted by Crippen LogP contribution is -2.35. The summed E-state index contributed by atoms with van der Waals surface area (Å²) in [6.07, 6.45) is 0.0114. The Hall–Kier alpha value is -2.77. The van der Waals surface area contributed by atoms with E-state index in [9.17, 15) is 23.1 Å². The molecule has 1 aliphatic rings. The number of rotatable bonds is 4. The van der Waals surface area contributed by atoms with Gasteiger partial charge in [-0.25, -0.2) is 4.98 Å². The van der Waals surface area contributed by atoms with Crippen LogP contribution in [0.3, 0.4) is 0 Å². The van der Waals surface area contributed by atoms with E-state index in [-0.39, 0.29) is 17.5 Å². The molecule has 1 N–H and O–H groups in total. The van der Waals surface area contributed by atoms with Gasteiger partial charge in [0.25, 0.3) is 5.91 Å². The molecule has 0 saturated carbocycles. The maximum atomic E-state index is 12.8. The Kier molecular flexibility index (Phi) is 5.76. The second-order valence-corrected chi connectivity index (χ2v) is 6.71. The van der Waals surface area contributed by atoms with Crippen molar-refractivity contribution in [3.63, 3.8) is 0 Å². The van der Waals surface area contributed by atoms with Crippen molar-refractivity contribution < 1.29 is 23.1 Å². The number of likely N-dealkylation sites (tertiary alicyclic amines) is 1. The van der Waals surface area contributed by atoms with Crippen LogP contribution in [0, 0.1) is 0 Å². The van der Waals surface area contributed by atoms with Crippen molar-refractivity contribution in [2.75, 3.05) is 24.5 Å². The molecule has 1 fully saturated rings. The van der Waals surface area contributed by atoms with Crippen LogP contribution in [0.1, 0.15) is 42.1 Å². The first-order valence-corrected chi connectivity index (χ1v) is 9.24. The lowest BCUT2D eigenvalue weighted by atomic mass is 10.1. The van der Waals surface area contributed by atoms with Crippen LogP contribution in [0.2, 0.25) is 0 Å². The Labute approximate surface area is 161 Å². The summed E-state index contributed by atoms with van der Waals surface area (Å²) in [4.78, 5) is 20.1. The molecule has 1 aromatic carbocycles. The summed E-state index contributed by atoms with van der Waals surface area (Å²) in [5.74, 6) is -0.173. The number of pyridine rings is 1. The van der Waals surface area contributed by atoms with Gasteiger partial charge in [-0.15, -0.1) is 0 Å². The van der Waals surface area contributed by atoms with Crippen molar-refractivity contribution in [1.82, 2.24) is 9.88 Å². The number of carbonyl (C=O) groups is 1. The van der Waals surface area contributed by atoms with Gasteiger partial charge in [0.2, 0.25) is 0 Å². The monoisotopic (exact) mass is 393 g/mol. The molecule has 150 valence electrons. The fourth-order valence-electron chi connectivity index (χ4n) is 3.34. The Balaban J connectivity index is 1.84. The number of anilines is 2. The van der Waals surface area contributed by atoms with Crippen LogP contribution < -0.4 is 4.90 Å². The van der Waals surface area contributed by atoms with E-state index >= 15 is 0 Å². The number of aromatic hydroxyl groups is 1. The number of nitrogens with zero attached hydrogens (tertiary/aromatic N) is 3. The van der Waals surface area contributed by atoms with E-state index in [4.69, 9.17) is 0 Å². The molecule has 2 heterocycles. The zero-order chi connectivity index (χ0) is 20.3. The number of benzene rings is 1. The molecule has 0 unspecified atom stereocenters. The van der Waals surface area contributed by atoms with Gasteiger partial charge in [-0.1, -0.05) is 0 Å². The third-order valence-electron chi connectivity index (χ3n) is 4.82. The Morgan fingerprint density at radius 3 is 2.36 bits per heavy atom. The van der Waals surface area contributed by atoms with E-state index in [0.717, 1.165) is 31.4 Å². The maximum Gasteiger partial charge on any atom is 0.416 e. The van der Waals surface area contributed by atoms with Crippen molar-refractivity contribution >= 4 is 17.4 Å². The van der Waals surface area contributed by atoms with Crippen LogP contribution in [-0.2, 0) is 6.18 Å². The van der Waals surface area contributed by atoms with Crippen LogP contribution in [0.5, 0.6) is 5.75 Å². The topological polar surface area (TPSA) is 56.7 Å². The standard InChI is InChI=1S/C20H22F3N3O2/c1-2-26(16-8-6-15(7-9-16)20(21,22)23)18-17(27)12-14(13-24-18)19(28)25-10-4-3-5-11-25/h6-9,12-13,27H,2-5,10-11H2,1H3. The summed E-state index contributed by atoms with van der Waals surface area (Å²) in [7, 11) is 0. The highest BCUT2D eigenvalue weighted by molar-refractivity contribution is 5.95. The molecule has 8 heteroatoms. The van der Waals surface area contributed by atoms with E-state index in [2.05, 4.69) is 4.98 Å². The summed E-state index contributed by atoms with van der Waals surface area (Å²) in [6.45, 7) is 3.55. The number of hydrogen-bond acceptors (Lipinski definition) is 4. The van der Waals surface area contributed by atoms with E-state index in [1.165, 1.54) is 24.4 Å². The molecule has 0 aliphatic carbocycles. The minimum atomic E-state index is -4.41. The molecule has 0 atom stereocenters. The lowest BCUT2D eigenvalue weighted by Gasteiger charge is -2.27. The van der Waals surface area contributed by atoms with Gasteiger partial charge in [0, 0.05) is 31.5 Å². The predicted molar refractivity (Wildman–Crippen MR) is 99.8 cm³/mol. The highest BCUT2D eigenvalue weighted by Gasteiger charge is 2.30. The normalized spacial score (nSPS) is 14.8. The molecule has 1 aromatic heterocycles. The molecule has 28 heavy (non-hydrogen) atoms. The molecule has 0 spiro atoms. The number of aromatic nitrogens is 1. The van der Waals surface area contributed by atoms with Crippen molar-refractivity contribution in [1.29, 1.82) is 0 Å². The van der Waals surface area contributed by atoms with Crippen LogP contribution in [0.25, 0.3) is 0 Å². The van der Waals surface area contributed by atoms with Gasteiger partial charge in [0.15, 0.2) is 11.6 Å². The second kappa shape index (κ2) is 8.08. The van der Waals surface area contributed by atoms with Crippen molar-refractivity contribution in [3.8, 4) is 5.75 Å². The summed E-state index contributed by atoms with van der Waals surface area (Å²) in [5, 5.41) is 10.4. The average Bonchev–Trinajstić information content (AvgIpc) is 2.69. The predicted octanol–water partition coefficient (Wildman–Crippen LogP) is 4.59. The summed E-state index contributed by atoms with van der Waals surface area (Å²) >= 11 is 0. The lowest BCUT2D eigenvalue weighted by molar-refractivity contribution is -0.137. The first kappa shape index (κ1) is 20.0. The number of hydrogen-bond donors (Lipinski definition) is 1. The zero-order valence-electron chi connectivity index (χ0n) is 15.5. The first-order valence-electron chi connectivity index (χ1n) is 9.24. The van der Waals surface area contributed by atoms with Crippen LogP contribution in [0.4, 0.5) is 24.7 Å². The molecular formula is C20H22F3N3O2. The van der Waals surface area contributed by atoms with Gasteiger partial charge >= 0.3 is 6.18 Å². The van der Waals surface area contributed by atoms with Crippen molar-refractivity contribution in [2.24, 2.45) is 0 Å². The molecule has 1 saturated heterocycles. The number of amides is 1. The summed E-state index contributed by atoms with van der Waals surface area (Å²) in [5.41, 5.74) is 0.0204. The van der Waals surface area contributed by atoms with E-state index in [0.29, 0.717) is 30.9 Å². The van der Waals surface area contributed by atoms with E-state index < -0.39 is 11.7 Å². The molecule has 0 bridgehead atoms. The molecule has 5 nitrogen and oxygen atoms in total. The highest BCUT2D eigenvalue weighted by Crippen LogP contribution is 2.34. The fraction of sp³-hybridized carbons (Fsp3) is 0.400. The van der Waals surface area contributed by atoms with Crippen molar-refractivity contribution in [2.45, 2.75) is 32.4 Å². The smallest absolute Gasteiger partial charge is 0.416 e. The second-order valence-electron chi connectivity index (χ2n) is 6.71. The van der Waals surface area contributed by atoms with Gasteiger partial charge in [0.05, 0.1) is 11.1 Å². The Bertz CT molecular complexity index is 832. The van der Waals surface area contributed by atoms with Crippen LogP contribution in [-0.4, -0.2) is 40.5 Å². The first-order chi connectivity index (χ1) is 13.3. The SMILES string of the molecule is CCN(c1ccc(C(F)(F)F)cc1)c1ncc(C(=O)N2CCCCC2)cc1O. The number of piperidine rings is 1. The summed E-state index contributed by atoms with van der Waals surface area (Å²) < 4.78 is 38.3. The molecule has 2 aromatic rings. The van der Waals surface area contributed by atoms with E-state index in [1.54, 1.807) is 16.7 Å². The van der Waals surface area contributed by atoms with Gasteiger partial charge in [0.1, 0.15) is 0 Å². The van der Waals surface area contributed by atoms with Gasteiger partial charge in [-0.3, -0.25) is 4.79 Å².